The van der Waals surface area contributed by atoms with Gasteiger partial charge in [-0.15, -0.1) is 0 Å². The standard InChI is InChI=1S/C13H11FO2/c14-11-6-7-13(15)10(8-11)9-16-12-4-2-1-3-5-12/h1-8,15H,9H2. The van der Waals surface area contributed by atoms with Crippen molar-refractivity contribution in [2.45, 2.75) is 6.61 Å². The highest BCUT2D eigenvalue weighted by molar-refractivity contribution is 5.32. The summed E-state index contributed by atoms with van der Waals surface area (Å²) in [6.07, 6.45) is 0. The van der Waals surface area contributed by atoms with Crippen LogP contribution < -0.4 is 4.74 Å². The molecule has 0 amide bonds. The Bertz CT molecular complexity index is 469. The number of rotatable bonds is 3. The molecule has 82 valence electrons. The van der Waals surface area contributed by atoms with E-state index in [2.05, 4.69) is 0 Å². The Kier molecular flexibility index (Phi) is 3.05. The number of para-hydroxylation sites is 1. The van der Waals surface area contributed by atoms with Crippen molar-refractivity contribution >= 4 is 0 Å². The first-order chi connectivity index (χ1) is 7.75. The van der Waals surface area contributed by atoms with Gasteiger partial charge in [-0.3, -0.25) is 0 Å². The molecule has 3 heteroatoms. The topological polar surface area (TPSA) is 29.5 Å². The quantitative estimate of drug-likeness (QED) is 0.857. The first-order valence-electron chi connectivity index (χ1n) is 4.91. The molecule has 0 aromatic heterocycles. The molecular weight excluding hydrogens is 207 g/mol. The lowest BCUT2D eigenvalue weighted by molar-refractivity contribution is 0.298. The molecule has 2 nitrogen and oxygen atoms in total. The number of halogens is 1. The third-order valence-electron chi connectivity index (χ3n) is 2.18. The second kappa shape index (κ2) is 4.66. The van der Waals surface area contributed by atoms with Gasteiger partial charge in [-0.05, 0) is 30.3 Å². The Labute approximate surface area is 92.9 Å². The van der Waals surface area contributed by atoms with Crippen LogP contribution in [-0.2, 0) is 6.61 Å². The lowest BCUT2D eigenvalue weighted by Crippen LogP contribution is -1.96. The van der Waals surface area contributed by atoms with E-state index in [-0.39, 0.29) is 18.2 Å². The smallest absolute Gasteiger partial charge is 0.123 e. The zero-order chi connectivity index (χ0) is 11.4. The molecule has 16 heavy (non-hydrogen) atoms. The molecule has 0 atom stereocenters. The van der Waals surface area contributed by atoms with Crippen molar-refractivity contribution in [2.75, 3.05) is 0 Å². The van der Waals surface area contributed by atoms with E-state index in [0.29, 0.717) is 11.3 Å². The van der Waals surface area contributed by atoms with Gasteiger partial charge in [0.1, 0.15) is 23.9 Å². The normalized spacial score (nSPS) is 10.1. The number of hydrogen-bond acceptors (Lipinski definition) is 2. The third kappa shape index (κ3) is 2.51. The van der Waals surface area contributed by atoms with Crippen molar-refractivity contribution in [1.82, 2.24) is 0 Å². The SMILES string of the molecule is Oc1ccc(F)cc1COc1ccccc1. The van der Waals surface area contributed by atoms with Crippen LogP contribution >= 0.6 is 0 Å². The van der Waals surface area contributed by atoms with Crippen LogP contribution in [0.3, 0.4) is 0 Å². The van der Waals surface area contributed by atoms with Crippen molar-refractivity contribution in [3.05, 3.63) is 59.9 Å². The average Bonchev–Trinajstić information content (AvgIpc) is 2.32. The van der Waals surface area contributed by atoms with Crippen molar-refractivity contribution in [3.63, 3.8) is 0 Å². The Morgan fingerprint density at radius 3 is 2.56 bits per heavy atom. The first kappa shape index (κ1) is 10.5. The molecule has 0 spiro atoms. The summed E-state index contributed by atoms with van der Waals surface area (Å²) in [6, 6.07) is 13.0. The Balaban J connectivity index is 2.08. The number of aromatic hydroxyl groups is 1. The van der Waals surface area contributed by atoms with Crippen LogP contribution in [0.5, 0.6) is 11.5 Å². The zero-order valence-corrected chi connectivity index (χ0v) is 8.56. The predicted octanol–water partition coefficient (Wildman–Crippen LogP) is 3.11. The van der Waals surface area contributed by atoms with Crippen molar-refractivity contribution in [1.29, 1.82) is 0 Å². The van der Waals surface area contributed by atoms with Gasteiger partial charge in [0.25, 0.3) is 0 Å². The van der Waals surface area contributed by atoms with E-state index in [0.717, 1.165) is 0 Å². The maximum Gasteiger partial charge on any atom is 0.123 e. The highest BCUT2D eigenvalue weighted by atomic mass is 19.1. The molecule has 2 rings (SSSR count). The number of benzene rings is 2. The molecule has 0 saturated carbocycles. The molecule has 0 bridgehead atoms. The van der Waals surface area contributed by atoms with Gasteiger partial charge in [-0.1, -0.05) is 18.2 Å². The minimum Gasteiger partial charge on any atom is -0.508 e. The molecule has 2 aromatic rings. The van der Waals surface area contributed by atoms with E-state index < -0.39 is 0 Å². The third-order valence-corrected chi connectivity index (χ3v) is 2.18. The van der Waals surface area contributed by atoms with Gasteiger partial charge in [0, 0.05) is 5.56 Å². The second-order valence-electron chi connectivity index (χ2n) is 3.37. The number of hydrogen-bond donors (Lipinski definition) is 1. The van der Waals surface area contributed by atoms with Gasteiger partial charge in [0.2, 0.25) is 0 Å². The minimum absolute atomic E-state index is 0.0392. The van der Waals surface area contributed by atoms with E-state index in [1.807, 2.05) is 18.2 Å². The maximum absolute atomic E-state index is 12.9. The molecule has 0 heterocycles. The van der Waals surface area contributed by atoms with Gasteiger partial charge >= 0.3 is 0 Å². The molecular formula is C13H11FO2. The zero-order valence-electron chi connectivity index (χ0n) is 8.56. The summed E-state index contributed by atoms with van der Waals surface area (Å²) < 4.78 is 18.3. The second-order valence-corrected chi connectivity index (χ2v) is 3.37. The summed E-state index contributed by atoms with van der Waals surface area (Å²) in [6.45, 7) is 0.146. The Hall–Kier alpha value is -2.03. The molecule has 0 aliphatic rings. The number of ether oxygens (including phenoxy) is 1. The number of phenols is 1. The molecule has 0 aliphatic heterocycles. The fourth-order valence-electron chi connectivity index (χ4n) is 1.35. The van der Waals surface area contributed by atoms with Crippen LogP contribution in [-0.4, -0.2) is 5.11 Å². The lowest BCUT2D eigenvalue weighted by atomic mass is 10.2. The fourth-order valence-corrected chi connectivity index (χ4v) is 1.35. The average molecular weight is 218 g/mol. The molecule has 2 aromatic carbocycles. The van der Waals surface area contributed by atoms with E-state index >= 15 is 0 Å². The summed E-state index contributed by atoms with van der Waals surface area (Å²) >= 11 is 0. The van der Waals surface area contributed by atoms with Crippen molar-refractivity contribution < 1.29 is 14.2 Å². The van der Waals surface area contributed by atoms with Gasteiger partial charge in [0.05, 0.1) is 0 Å². The summed E-state index contributed by atoms with van der Waals surface area (Å²) in [4.78, 5) is 0. The molecule has 0 aliphatic carbocycles. The molecule has 0 fully saturated rings. The predicted molar refractivity (Wildman–Crippen MR) is 58.8 cm³/mol. The Morgan fingerprint density at radius 1 is 1.06 bits per heavy atom. The largest absolute Gasteiger partial charge is 0.508 e. The fraction of sp³-hybridized carbons (Fsp3) is 0.0769. The van der Waals surface area contributed by atoms with Crippen molar-refractivity contribution in [3.8, 4) is 11.5 Å². The van der Waals surface area contributed by atoms with Gasteiger partial charge in [-0.2, -0.15) is 0 Å². The monoisotopic (exact) mass is 218 g/mol. The molecule has 0 unspecified atom stereocenters. The van der Waals surface area contributed by atoms with E-state index in [1.54, 1.807) is 12.1 Å². The number of phenolic OH excluding ortho intramolecular Hbond substituents is 1. The van der Waals surface area contributed by atoms with Crippen LogP contribution in [0.1, 0.15) is 5.56 Å². The first-order valence-corrected chi connectivity index (χ1v) is 4.91. The van der Waals surface area contributed by atoms with E-state index in [9.17, 15) is 9.50 Å². The lowest BCUT2D eigenvalue weighted by Gasteiger charge is -2.07. The minimum atomic E-state index is -0.385. The van der Waals surface area contributed by atoms with Crippen LogP contribution in [0.2, 0.25) is 0 Å². The Morgan fingerprint density at radius 2 is 1.81 bits per heavy atom. The summed E-state index contributed by atoms with van der Waals surface area (Å²) in [5.74, 6) is 0.341. The van der Waals surface area contributed by atoms with Gasteiger partial charge < -0.3 is 9.84 Å². The van der Waals surface area contributed by atoms with Gasteiger partial charge in [0.15, 0.2) is 0 Å². The van der Waals surface area contributed by atoms with Gasteiger partial charge in [-0.25, -0.2) is 4.39 Å². The summed E-state index contributed by atoms with van der Waals surface area (Å²) in [5.41, 5.74) is 0.434. The van der Waals surface area contributed by atoms with Crippen LogP contribution in [0.15, 0.2) is 48.5 Å². The van der Waals surface area contributed by atoms with E-state index in [1.165, 1.54) is 18.2 Å². The highest BCUT2D eigenvalue weighted by Crippen LogP contribution is 2.20. The van der Waals surface area contributed by atoms with Crippen LogP contribution in [0, 0.1) is 5.82 Å². The maximum atomic E-state index is 12.9. The van der Waals surface area contributed by atoms with E-state index in [4.69, 9.17) is 4.74 Å². The highest BCUT2D eigenvalue weighted by Gasteiger charge is 2.03. The van der Waals surface area contributed by atoms with Crippen LogP contribution in [0.4, 0.5) is 4.39 Å². The summed E-state index contributed by atoms with van der Waals surface area (Å²) in [5, 5.41) is 9.47. The van der Waals surface area contributed by atoms with Crippen LogP contribution in [0.25, 0.3) is 0 Å². The summed E-state index contributed by atoms with van der Waals surface area (Å²) in [7, 11) is 0. The molecule has 0 radical (unpaired) electrons. The van der Waals surface area contributed by atoms with Crippen molar-refractivity contribution in [2.24, 2.45) is 0 Å². The molecule has 0 saturated heterocycles. The molecule has 1 N–H and O–H groups in total.